The van der Waals surface area contributed by atoms with E-state index in [4.69, 9.17) is 30.7 Å². The van der Waals surface area contributed by atoms with Crippen molar-refractivity contribution in [1.82, 2.24) is 19.8 Å². The molecule has 2 spiro atoms. The SMILES string of the molecule is CB(O)N1CCC(F)(C(=O)Cl)CC1.CO/N=C1\CC2(CCN(C(=O)C3(F)CCN(B(C)O)CC3)CC2)Oc2ccc(F)cc21.CO/N=C1\CC2(CCNCC2)Oc2ccc(F)cc21. The molecule has 6 aliphatic rings. The molecule has 6 aliphatic heterocycles. The minimum atomic E-state index is -1.89. The van der Waals surface area contributed by atoms with Gasteiger partial charge in [0, 0.05) is 88.4 Å². The quantitative estimate of drug-likeness (QED) is 0.156. The van der Waals surface area contributed by atoms with Gasteiger partial charge in [0.2, 0.25) is 0 Å². The molecule has 2 aromatic rings. The number of halogens is 5. The number of nitrogens with zero attached hydrogens (tertiary/aromatic N) is 5. The van der Waals surface area contributed by atoms with E-state index in [0.717, 1.165) is 31.6 Å². The van der Waals surface area contributed by atoms with E-state index < -0.39 is 42.2 Å². The van der Waals surface area contributed by atoms with E-state index in [1.54, 1.807) is 40.3 Å². The molecule has 4 saturated heterocycles. The highest BCUT2D eigenvalue weighted by Crippen LogP contribution is 2.42. The number of amides is 1. The zero-order valence-corrected chi connectivity index (χ0v) is 37.1. The number of likely N-dealkylation sites (tertiary alicyclic amines) is 1. The minimum Gasteiger partial charge on any atom is -0.486 e. The average Bonchev–Trinajstić information content (AvgIpc) is 3.25. The topological polar surface area (TPSA) is 158 Å². The number of nitrogens with one attached hydrogen (secondary N) is 1. The van der Waals surface area contributed by atoms with E-state index in [1.807, 2.05) is 0 Å². The van der Waals surface area contributed by atoms with Crippen LogP contribution in [0.15, 0.2) is 46.7 Å². The number of hydrogen-bond donors (Lipinski definition) is 3. The van der Waals surface area contributed by atoms with E-state index in [0.29, 0.717) is 93.3 Å². The van der Waals surface area contributed by atoms with Gasteiger partial charge in [-0.3, -0.25) is 9.59 Å². The molecule has 0 radical (unpaired) electrons. The second kappa shape index (κ2) is 20.5. The number of alkyl halides is 2. The lowest BCUT2D eigenvalue weighted by atomic mass is 9.79. The molecule has 8 rings (SSSR count). The third-order valence-corrected chi connectivity index (χ3v) is 13.3. The Balaban J connectivity index is 0.000000175. The predicted octanol–water partition coefficient (Wildman–Crippen LogP) is 4.98. The molecule has 21 heteroatoms. The first-order valence-electron chi connectivity index (χ1n) is 21.5. The number of benzene rings is 2. The summed E-state index contributed by atoms with van der Waals surface area (Å²) in [5, 5.41) is 29.4. The minimum absolute atomic E-state index is 0.0697. The van der Waals surface area contributed by atoms with Crippen LogP contribution >= 0.6 is 11.6 Å². The van der Waals surface area contributed by atoms with Gasteiger partial charge in [0.25, 0.3) is 11.1 Å². The van der Waals surface area contributed by atoms with E-state index in [-0.39, 0.29) is 42.9 Å². The Bertz CT molecular complexity index is 1990. The molecule has 3 N–H and O–H groups in total. The van der Waals surface area contributed by atoms with Crippen LogP contribution in [0.1, 0.15) is 75.3 Å². The van der Waals surface area contributed by atoms with Crippen LogP contribution in [-0.4, -0.2) is 150 Å². The van der Waals surface area contributed by atoms with Gasteiger partial charge >= 0.3 is 14.1 Å². The van der Waals surface area contributed by atoms with E-state index in [1.165, 1.54) is 38.5 Å². The van der Waals surface area contributed by atoms with Crippen LogP contribution in [0.2, 0.25) is 13.6 Å². The highest BCUT2D eigenvalue weighted by atomic mass is 35.5. The summed E-state index contributed by atoms with van der Waals surface area (Å²) in [5.74, 6) is 0.0995. The Kier molecular flexibility index (Phi) is 15.8. The van der Waals surface area contributed by atoms with Gasteiger partial charge in [-0.25, -0.2) is 17.6 Å². The lowest BCUT2D eigenvalue weighted by Crippen LogP contribution is -2.58. The third kappa shape index (κ3) is 11.5. The van der Waals surface area contributed by atoms with Crippen molar-refractivity contribution in [1.29, 1.82) is 0 Å². The Morgan fingerprint density at radius 3 is 1.51 bits per heavy atom. The summed E-state index contributed by atoms with van der Waals surface area (Å²) in [6, 6.07) is 8.86. The standard InChI is InChI=1S/C21H28BF2N3O4.C14H17FN2O2.C7H12BClFNO2/c1-22(29)27-11-7-21(24,8-12-27)19(28)26-9-5-20(6-10-26)14-17(25-30-2)16-13-15(23)3-4-18(16)31-20;1-18-17-12-9-14(4-6-16-7-5-14)19-13-3-2-10(15)8-11(12)13;1-8(13)11-4-2-7(10,3-5-11)6(9)12/h3-4,13,29H,5-12,14H2,1-2H3;2-3,8,16H,4-7,9H2,1H3;13H,2-5H2,1H3/b25-17+;17-12+;. The van der Waals surface area contributed by atoms with Gasteiger partial charge < -0.3 is 49.0 Å². The van der Waals surface area contributed by atoms with Gasteiger partial charge in [0.05, 0.1) is 11.4 Å². The van der Waals surface area contributed by atoms with Crippen molar-refractivity contribution in [2.24, 2.45) is 10.3 Å². The van der Waals surface area contributed by atoms with Gasteiger partial charge in [0.15, 0.2) is 11.3 Å². The first-order valence-corrected chi connectivity index (χ1v) is 21.9. The number of carbonyl (C=O) groups excluding carboxylic acids is 2. The second-order valence-corrected chi connectivity index (χ2v) is 17.6. The molecule has 4 fully saturated rings. The Hall–Kier alpha value is -3.94. The van der Waals surface area contributed by atoms with Crippen LogP contribution in [0, 0.1) is 11.6 Å². The smallest absolute Gasteiger partial charge is 0.376 e. The van der Waals surface area contributed by atoms with Gasteiger partial charge in [0.1, 0.15) is 48.6 Å². The molecule has 1 amide bonds. The molecule has 344 valence electrons. The largest absolute Gasteiger partial charge is 0.486 e. The van der Waals surface area contributed by atoms with Crippen molar-refractivity contribution in [3.63, 3.8) is 0 Å². The Labute approximate surface area is 371 Å². The molecule has 14 nitrogen and oxygen atoms in total. The molecular formula is C42H57B2ClF4N6O8. The molecule has 0 aromatic heterocycles. The fourth-order valence-corrected chi connectivity index (χ4v) is 9.30. The fourth-order valence-electron chi connectivity index (χ4n) is 9.11. The summed E-state index contributed by atoms with van der Waals surface area (Å²) in [7, 11) is 1.72. The van der Waals surface area contributed by atoms with Crippen LogP contribution in [0.25, 0.3) is 0 Å². The van der Waals surface area contributed by atoms with Crippen LogP contribution in [-0.2, 0) is 19.3 Å². The van der Waals surface area contributed by atoms with Crippen LogP contribution in [0.3, 0.4) is 0 Å². The Morgan fingerprint density at radius 1 is 0.698 bits per heavy atom. The zero-order chi connectivity index (χ0) is 45.6. The summed E-state index contributed by atoms with van der Waals surface area (Å²) in [6.07, 6.45) is 4.29. The molecule has 0 saturated carbocycles. The summed E-state index contributed by atoms with van der Waals surface area (Å²) in [6.45, 7) is 7.31. The molecule has 6 heterocycles. The van der Waals surface area contributed by atoms with E-state index in [9.17, 15) is 32.8 Å². The number of carbonyl (C=O) groups is 2. The molecule has 2 aromatic carbocycles. The number of fused-ring (bicyclic) bond motifs is 2. The number of oxime groups is 2. The van der Waals surface area contributed by atoms with Crippen molar-refractivity contribution in [3.8, 4) is 11.5 Å². The van der Waals surface area contributed by atoms with Gasteiger partial charge in [-0.15, -0.1) is 0 Å². The van der Waals surface area contributed by atoms with Gasteiger partial charge in [-0.05, 0) is 101 Å². The summed E-state index contributed by atoms with van der Waals surface area (Å²) in [4.78, 5) is 38.6. The highest BCUT2D eigenvalue weighted by Gasteiger charge is 2.49. The first-order chi connectivity index (χ1) is 29.9. The normalized spacial score (nSPS) is 23.4. The van der Waals surface area contributed by atoms with Crippen LogP contribution in [0.4, 0.5) is 17.6 Å². The maximum atomic E-state index is 15.4. The molecule has 0 bridgehead atoms. The van der Waals surface area contributed by atoms with Crippen LogP contribution < -0.4 is 14.8 Å². The summed E-state index contributed by atoms with van der Waals surface area (Å²) < 4.78 is 68.5. The number of hydrogen-bond acceptors (Lipinski definition) is 13. The zero-order valence-electron chi connectivity index (χ0n) is 36.3. The fraction of sp³-hybridized carbons (Fsp3) is 0.619. The molecule has 0 atom stereocenters. The van der Waals surface area contributed by atoms with E-state index in [2.05, 4.69) is 15.6 Å². The van der Waals surface area contributed by atoms with Gasteiger partial charge in [-0.1, -0.05) is 10.3 Å². The number of rotatable bonds is 6. The van der Waals surface area contributed by atoms with Crippen molar-refractivity contribution in [2.45, 2.75) is 100 Å². The predicted molar refractivity (Wildman–Crippen MR) is 232 cm³/mol. The second-order valence-electron chi connectivity index (χ2n) is 17.2. The Morgan fingerprint density at radius 2 is 1.11 bits per heavy atom. The maximum absolute atomic E-state index is 15.4. The molecule has 63 heavy (non-hydrogen) atoms. The van der Waals surface area contributed by atoms with Crippen LogP contribution in [0.5, 0.6) is 11.5 Å². The van der Waals surface area contributed by atoms with Gasteiger partial charge in [-0.2, -0.15) is 0 Å². The van der Waals surface area contributed by atoms with E-state index >= 15 is 4.39 Å². The third-order valence-electron chi connectivity index (χ3n) is 13.0. The van der Waals surface area contributed by atoms with Crippen molar-refractivity contribution >= 4 is 48.3 Å². The molecule has 0 unspecified atom stereocenters. The number of ether oxygens (including phenoxy) is 2. The lowest BCUT2D eigenvalue weighted by molar-refractivity contribution is -0.150. The first kappa shape index (κ1) is 48.5. The highest BCUT2D eigenvalue weighted by molar-refractivity contribution is 6.65. The lowest BCUT2D eigenvalue weighted by Gasteiger charge is -2.46. The maximum Gasteiger partial charge on any atom is 0.376 e. The van der Waals surface area contributed by atoms with Crippen molar-refractivity contribution in [3.05, 3.63) is 59.2 Å². The van der Waals surface area contributed by atoms with Crippen molar-refractivity contribution < 1.29 is 56.3 Å². The summed E-state index contributed by atoms with van der Waals surface area (Å²) in [5.41, 5.74) is -1.94. The molecule has 0 aliphatic carbocycles. The van der Waals surface area contributed by atoms with Crippen molar-refractivity contribution in [2.75, 3.05) is 66.6 Å². The number of piperidine rings is 4. The molecular weight excluding hydrogens is 850 g/mol. The summed E-state index contributed by atoms with van der Waals surface area (Å²) >= 11 is 5.13. The average molecular weight is 907 g/mol. The monoisotopic (exact) mass is 906 g/mol.